The number of anilines is 2. The number of hydrogen-bond acceptors (Lipinski definition) is 4. The summed E-state index contributed by atoms with van der Waals surface area (Å²) in [6.07, 6.45) is 2.18. The minimum absolute atomic E-state index is 0.115. The van der Waals surface area contributed by atoms with E-state index in [0.717, 1.165) is 51.4 Å². The number of aryl methyl sites for hydroxylation is 2. The van der Waals surface area contributed by atoms with Crippen molar-refractivity contribution in [3.05, 3.63) is 41.6 Å². The molecule has 1 aromatic carbocycles. The molecule has 1 saturated heterocycles. The monoisotopic (exact) mass is 312 g/mol. The third-order valence-corrected chi connectivity index (χ3v) is 4.41. The molecule has 2 aliphatic heterocycles. The van der Waals surface area contributed by atoms with Crippen molar-refractivity contribution in [2.45, 2.75) is 19.4 Å². The third-order valence-electron chi connectivity index (χ3n) is 4.41. The first-order chi connectivity index (χ1) is 11.3. The van der Waals surface area contributed by atoms with E-state index in [0.29, 0.717) is 11.4 Å². The highest BCUT2D eigenvalue weighted by atomic mass is 16.5. The van der Waals surface area contributed by atoms with Gasteiger partial charge >= 0.3 is 0 Å². The van der Waals surface area contributed by atoms with Crippen LogP contribution in [-0.4, -0.2) is 42.0 Å². The summed E-state index contributed by atoms with van der Waals surface area (Å²) in [5, 5.41) is 7.29. The topological polar surface area (TPSA) is 59.4 Å². The predicted molar refractivity (Wildman–Crippen MR) is 88.0 cm³/mol. The van der Waals surface area contributed by atoms with Crippen molar-refractivity contribution >= 4 is 17.4 Å². The van der Waals surface area contributed by atoms with Gasteiger partial charge in [0.05, 0.1) is 13.2 Å². The summed E-state index contributed by atoms with van der Waals surface area (Å²) in [5.41, 5.74) is 2.98. The van der Waals surface area contributed by atoms with Crippen LogP contribution in [-0.2, 0) is 17.7 Å². The van der Waals surface area contributed by atoms with Gasteiger partial charge in [0.15, 0.2) is 5.82 Å². The molecule has 23 heavy (non-hydrogen) atoms. The lowest BCUT2D eigenvalue weighted by atomic mass is 10.1. The quantitative estimate of drug-likeness (QED) is 0.940. The van der Waals surface area contributed by atoms with Crippen LogP contribution in [0.1, 0.15) is 22.5 Å². The van der Waals surface area contributed by atoms with Gasteiger partial charge in [0, 0.05) is 42.6 Å². The van der Waals surface area contributed by atoms with Crippen molar-refractivity contribution < 1.29 is 9.53 Å². The van der Waals surface area contributed by atoms with Crippen LogP contribution in [0.15, 0.2) is 30.3 Å². The van der Waals surface area contributed by atoms with Crippen LogP contribution in [0.4, 0.5) is 11.5 Å². The zero-order valence-electron chi connectivity index (χ0n) is 13.0. The lowest BCUT2D eigenvalue weighted by Gasteiger charge is -2.28. The summed E-state index contributed by atoms with van der Waals surface area (Å²) >= 11 is 0. The maximum absolute atomic E-state index is 12.3. The Kier molecular flexibility index (Phi) is 3.75. The van der Waals surface area contributed by atoms with Crippen molar-refractivity contribution in [1.29, 1.82) is 0 Å². The number of carbonyl (C=O) groups is 1. The van der Waals surface area contributed by atoms with E-state index in [1.165, 1.54) is 5.69 Å². The molecule has 1 amide bonds. The number of morpholine rings is 1. The highest BCUT2D eigenvalue weighted by Crippen LogP contribution is 2.20. The van der Waals surface area contributed by atoms with Crippen molar-refractivity contribution in [1.82, 2.24) is 9.78 Å². The highest BCUT2D eigenvalue weighted by molar-refractivity contribution is 6.03. The van der Waals surface area contributed by atoms with Gasteiger partial charge in [-0.3, -0.25) is 9.48 Å². The first kappa shape index (κ1) is 14.3. The van der Waals surface area contributed by atoms with Crippen LogP contribution in [0.5, 0.6) is 0 Å². The van der Waals surface area contributed by atoms with Gasteiger partial charge < -0.3 is 15.0 Å². The van der Waals surface area contributed by atoms with E-state index in [-0.39, 0.29) is 5.91 Å². The van der Waals surface area contributed by atoms with E-state index in [1.807, 2.05) is 35.0 Å². The first-order valence-corrected chi connectivity index (χ1v) is 8.10. The Morgan fingerprint density at radius 3 is 2.65 bits per heavy atom. The van der Waals surface area contributed by atoms with Crippen LogP contribution >= 0.6 is 0 Å². The fraction of sp³-hybridized carbons (Fsp3) is 0.412. The molecular formula is C17H20N4O2. The van der Waals surface area contributed by atoms with Crippen LogP contribution in [0.25, 0.3) is 0 Å². The van der Waals surface area contributed by atoms with Crippen molar-refractivity contribution in [2.75, 3.05) is 36.5 Å². The summed E-state index contributed by atoms with van der Waals surface area (Å²) in [5.74, 6) is 0.525. The van der Waals surface area contributed by atoms with E-state index < -0.39 is 0 Å². The molecule has 1 fully saturated rings. The Labute approximate surface area is 135 Å². The highest BCUT2D eigenvalue weighted by Gasteiger charge is 2.16. The van der Waals surface area contributed by atoms with Gasteiger partial charge in [-0.25, -0.2) is 0 Å². The molecule has 0 unspecified atom stereocenters. The molecule has 0 spiro atoms. The molecule has 2 aliphatic rings. The van der Waals surface area contributed by atoms with Crippen LogP contribution < -0.4 is 10.2 Å². The van der Waals surface area contributed by atoms with Gasteiger partial charge in [0.1, 0.15) is 0 Å². The Morgan fingerprint density at radius 1 is 1.13 bits per heavy atom. The number of nitrogens with zero attached hydrogens (tertiary/aromatic N) is 3. The number of aromatic nitrogens is 2. The fourth-order valence-corrected chi connectivity index (χ4v) is 3.15. The number of hydrogen-bond donors (Lipinski definition) is 1. The molecule has 0 atom stereocenters. The van der Waals surface area contributed by atoms with Gasteiger partial charge in [-0.05, 0) is 37.1 Å². The SMILES string of the molecule is O=C(Nc1cc2n(n1)CCC2)c1ccc(N2CCOCC2)cc1. The number of fused-ring (bicyclic) bond motifs is 1. The summed E-state index contributed by atoms with van der Waals surface area (Å²) in [4.78, 5) is 14.6. The molecule has 0 bridgehead atoms. The molecule has 3 heterocycles. The second-order valence-corrected chi connectivity index (χ2v) is 5.95. The van der Waals surface area contributed by atoms with Crippen molar-refractivity contribution in [3.8, 4) is 0 Å². The molecule has 0 aliphatic carbocycles. The molecule has 120 valence electrons. The third kappa shape index (κ3) is 2.94. The minimum Gasteiger partial charge on any atom is -0.378 e. The average molecular weight is 312 g/mol. The van der Waals surface area contributed by atoms with Crippen molar-refractivity contribution in [2.24, 2.45) is 0 Å². The number of rotatable bonds is 3. The van der Waals surface area contributed by atoms with E-state index >= 15 is 0 Å². The zero-order valence-corrected chi connectivity index (χ0v) is 13.0. The maximum Gasteiger partial charge on any atom is 0.256 e. The van der Waals surface area contributed by atoms with Gasteiger partial charge in [0.2, 0.25) is 0 Å². The van der Waals surface area contributed by atoms with Crippen LogP contribution in [0.2, 0.25) is 0 Å². The summed E-state index contributed by atoms with van der Waals surface area (Å²) in [6.45, 7) is 4.25. The average Bonchev–Trinajstić information content (AvgIpc) is 3.17. The van der Waals surface area contributed by atoms with Gasteiger partial charge in [0.25, 0.3) is 5.91 Å². The zero-order chi connectivity index (χ0) is 15.6. The van der Waals surface area contributed by atoms with E-state index in [2.05, 4.69) is 15.3 Å². The Hall–Kier alpha value is -2.34. The van der Waals surface area contributed by atoms with E-state index in [9.17, 15) is 4.79 Å². The van der Waals surface area contributed by atoms with E-state index in [4.69, 9.17) is 4.74 Å². The van der Waals surface area contributed by atoms with Crippen LogP contribution in [0.3, 0.4) is 0 Å². The lowest BCUT2D eigenvalue weighted by Crippen LogP contribution is -2.36. The normalized spacial score (nSPS) is 17.1. The molecule has 0 radical (unpaired) electrons. The maximum atomic E-state index is 12.3. The molecule has 4 rings (SSSR count). The second kappa shape index (κ2) is 6.04. The molecule has 1 aromatic heterocycles. The molecule has 6 heteroatoms. The molecule has 0 saturated carbocycles. The smallest absolute Gasteiger partial charge is 0.256 e. The van der Waals surface area contributed by atoms with Crippen molar-refractivity contribution in [3.63, 3.8) is 0 Å². The largest absolute Gasteiger partial charge is 0.378 e. The fourth-order valence-electron chi connectivity index (χ4n) is 3.15. The minimum atomic E-state index is -0.115. The lowest BCUT2D eigenvalue weighted by molar-refractivity contribution is 0.102. The number of carbonyl (C=O) groups excluding carboxylic acids is 1. The number of ether oxygens (including phenoxy) is 1. The summed E-state index contributed by atoms with van der Waals surface area (Å²) < 4.78 is 7.33. The first-order valence-electron chi connectivity index (χ1n) is 8.10. The molecule has 2 aromatic rings. The molecule has 1 N–H and O–H groups in total. The number of nitrogens with one attached hydrogen (secondary N) is 1. The predicted octanol–water partition coefficient (Wildman–Crippen LogP) is 1.92. The Bertz CT molecular complexity index is 680. The summed E-state index contributed by atoms with van der Waals surface area (Å²) in [7, 11) is 0. The second-order valence-electron chi connectivity index (χ2n) is 5.95. The van der Waals surface area contributed by atoms with Gasteiger partial charge in [-0.2, -0.15) is 5.10 Å². The van der Waals surface area contributed by atoms with Gasteiger partial charge in [-0.15, -0.1) is 0 Å². The Morgan fingerprint density at radius 2 is 1.91 bits per heavy atom. The van der Waals surface area contributed by atoms with Gasteiger partial charge in [-0.1, -0.05) is 0 Å². The molecular weight excluding hydrogens is 292 g/mol. The van der Waals surface area contributed by atoms with E-state index in [1.54, 1.807) is 0 Å². The number of amides is 1. The molecule has 6 nitrogen and oxygen atoms in total. The number of benzene rings is 1. The summed E-state index contributed by atoms with van der Waals surface area (Å²) in [6, 6.07) is 9.68. The standard InChI is InChI=1S/C17H20N4O2/c22-17(18-16-12-15-2-1-7-21(15)19-16)13-3-5-14(6-4-13)20-8-10-23-11-9-20/h3-6,12H,1-2,7-11H2,(H,18,19,22). The Balaban J connectivity index is 1.43. The van der Waals surface area contributed by atoms with Crippen LogP contribution in [0, 0.1) is 0 Å².